The molecule has 0 radical (unpaired) electrons. The number of hydrogen-bond donors (Lipinski definition) is 1. The molecule has 5 aromatic rings. The van der Waals surface area contributed by atoms with Crippen LogP contribution in [0.3, 0.4) is 0 Å². The smallest absolute Gasteiger partial charge is 0.277 e. The molecule has 0 atom stereocenters. The SMILES string of the molecule is COc1ccc(-c2nc(Cn3ccn4nc(-c5ccc(OC)cc5)c(CO)c4c3=O)c(C)o2)cc1. The average molecular weight is 473 g/mol. The van der Waals surface area contributed by atoms with E-state index >= 15 is 0 Å². The first-order chi connectivity index (χ1) is 17.0. The van der Waals surface area contributed by atoms with Gasteiger partial charge in [-0.3, -0.25) is 4.79 Å². The molecule has 0 saturated heterocycles. The van der Waals surface area contributed by atoms with Gasteiger partial charge in [0.2, 0.25) is 5.89 Å². The number of aryl methyl sites for hydroxylation is 1. The van der Waals surface area contributed by atoms with Gasteiger partial charge in [0, 0.05) is 29.1 Å². The van der Waals surface area contributed by atoms with Crippen LogP contribution in [-0.2, 0) is 13.2 Å². The summed E-state index contributed by atoms with van der Waals surface area (Å²) in [5.41, 5.74) is 3.28. The predicted octanol–water partition coefficient (Wildman–Crippen LogP) is 3.68. The van der Waals surface area contributed by atoms with Crippen LogP contribution >= 0.6 is 0 Å². The van der Waals surface area contributed by atoms with Crippen LogP contribution in [0.5, 0.6) is 11.5 Å². The molecule has 0 aliphatic carbocycles. The van der Waals surface area contributed by atoms with Crippen molar-refractivity contribution in [1.82, 2.24) is 19.2 Å². The second-order valence-electron chi connectivity index (χ2n) is 7.99. The number of ether oxygens (including phenoxy) is 2. The molecule has 0 aliphatic rings. The lowest BCUT2D eigenvalue weighted by Crippen LogP contribution is -2.23. The minimum absolute atomic E-state index is 0.217. The van der Waals surface area contributed by atoms with E-state index in [1.165, 1.54) is 9.08 Å². The third-order valence-corrected chi connectivity index (χ3v) is 5.93. The van der Waals surface area contributed by atoms with Gasteiger partial charge in [0.05, 0.1) is 33.1 Å². The first-order valence-corrected chi connectivity index (χ1v) is 11.0. The van der Waals surface area contributed by atoms with Crippen LogP contribution in [0, 0.1) is 6.92 Å². The molecule has 3 heterocycles. The van der Waals surface area contributed by atoms with Crippen molar-refractivity contribution < 1.29 is 19.0 Å². The fourth-order valence-electron chi connectivity index (χ4n) is 4.00. The van der Waals surface area contributed by atoms with Gasteiger partial charge < -0.3 is 23.6 Å². The molecule has 35 heavy (non-hydrogen) atoms. The molecule has 178 valence electrons. The lowest BCUT2D eigenvalue weighted by atomic mass is 10.1. The highest BCUT2D eigenvalue weighted by atomic mass is 16.5. The Hall–Kier alpha value is -4.37. The van der Waals surface area contributed by atoms with Gasteiger partial charge in [-0.25, -0.2) is 9.50 Å². The van der Waals surface area contributed by atoms with Crippen LogP contribution in [0.15, 0.2) is 70.1 Å². The Morgan fingerprint density at radius 1 is 0.943 bits per heavy atom. The minimum Gasteiger partial charge on any atom is -0.497 e. The molecule has 0 aliphatic heterocycles. The number of aromatic nitrogens is 4. The zero-order chi connectivity index (χ0) is 24.5. The lowest BCUT2D eigenvalue weighted by Gasteiger charge is -2.05. The van der Waals surface area contributed by atoms with Gasteiger partial charge in [-0.05, 0) is 55.5 Å². The van der Waals surface area contributed by atoms with Crippen LogP contribution in [-0.4, -0.2) is 38.5 Å². The summed E-state index contributed by atoms with van der Waals surface area (Å²) < 4.78 is 19.3. The molecule has 0 saturated carbocycles. The molecule has 9 nitrogen and oxygen atoms in total. The number of fused-ring (bicyclic) bond motifs is 1. The highest BCUT2D eigenvalue weighted by Gasteiger charge is 2.19. The Balaban J connectivity index is 1.51. The summed E-state index contributed by atoms with van der Waals surface area (Å²) in [4.78, 5) is 18.0. The lowest BCUT2D eigenvalue weighted by molar-refractivity contribution is 0.283. The molecular formula is C26H24N4O5. The molecule has 2 aromatic carbocycles. The first kappa shape index (κ1) is 22.4. The Labute approximate surface area is 200 Å². The van der Waals surface area contributed by atoms with Gasteiger partial charge in [-0.15, -0.1) is 0 Å². The van der Waals surface area contributed by atoms with Gasteiger partial charge in [0.25, 0.3) is 5.56 Å². The van der Waals surface area contributed by atoms with Crippen LogP contribution in [0.25, 0.3) is 28.2 Å². The van der Waals surface area contributed by atoms with Crippen molar-refractivity contribution in [2.45, 2.75) is 20.1 Å². The first-order valence-electron chi connectivity index (χ1n) is 11.0. The van der Waals surface area contributed by atoms with Crippen molar-refractivity contribution in [1.29, 1.82) is 0 Å². The molecule has 0 amide bonds. The monoisotopic (exact) mass is 472 g/mol. The Morgan fingerprint density at radius 2 is 1.57 bits per heavy atom. The largest absolute Gasteiger partial charge is 0.497 e. The highest BCUT2D eigenvalue weighted by molar-refractivity contribution is 5.72. The maximum atomic E-state index is 13.4. The molecule has 0 bridgehead atoms. The number of aliphatic hydroxyl groups is 1. The van der Waals surface area contributed by atoms with E-state index in [2.05, 4.69) is 10.1 Å². The third-order valence-electron chi connectivity index (χ3n) is 5.93. The standard InChI is InChI=1S/C26H24N4O5/c1-16-22(27-25(35-16)18-6-10-20(34-3)11-7-18)14-29-12-13-30-24(26(29)32)21(15-31)23(28-30)17-4-8-19(33-2)9-5-17/h4-13,31H,14-15H2,1-3H3. The fourth-order valence-corrected chi connectivity index (χ4v) is 4.00. The summed E-state index contributed by atoms with van der Waals surface area (Å²) in [5, 5.41) is 14.7. The van der Waals surface area contributed by atoms with Crippen molar-refractivity contribution in [2.24, 2.45) is 0 Å². The molecule has 0 unspecified atom stereocenters. The summed E-state index contributed by atoms with van der Waals surface area (Å²) >= 11 is 0. The van der Waals surface area contributed by atoms with Gasteiger partial charge in [0.1, 0.15) is 28.5 Å². The van der Waals surface area contributed by atoms with E-state index in [4.69, 9.17) is 13.9 Å². The van der Waals surface area contributed by atoms with Gasteiger partial charge in [-0.1, -0.05) is 0 Å². The van der Waals surface area contributed by atoms with E-state index < -0.39 is 0 Å². The average Bonchev–Trinajstić information content (AvgIpc) is 3.46. The molecule has 9 heteroatoms. The van der Waals surface area contributed by atoms with Crippen LogP contribution in [0.4, 0.5) is 0 Å². The van der Waals surface area contributed by atoms with E-state index in [1.807, 2.05) is 55.5 Å². The maximum absolute atomic E-state index is 13.4. The van der Waals surface area contributed by atoms with Crippen molar-refractivity contribution in [2.75, 3.05) is 14.2 Å². The summed E-state index contributed by atoms with van der Waals surface area (Å²) in [5.74, 6) is 2.54. The maximum Gasteiger partial charge on any atom is 0.277 e. The molecule has 1 N–H and O–H groups in total. The van der Waals surface area contributed by atoms with E-state index in [9.17, 15) is 9.90 Å². The number of methoxy groups -OCH3 is 2. The second-order valence-corrected chi connectivity index (χ2v) is 7.99. The molecule has 5 rings (SSSR count). The van der Waals surface area contributed by atoms with E-state index in [1.54, 1.807) is 26.6 Å². The number of benzene rings is 2. The van der Waals surface area contributed by atoms with Crippen LogP contribution < -0.4 is 15.0 Å². The van der Waals surface area contributed by atoms with Crippen molar-refractivity contribution in [3.05, 3.63) is 88.3 Å². The van der Waals surface area contributed by atoms with Crippen LogP contribution in [0.1, 0.15) is 17.0 Å². The molecular weight excluding hydrogens is 448 g/mol. The Bertz CT molecular complexity index is 1550. The predicted molar refractivity (Wildman–Crippen MR) is 130 cm³/mol. The Morgan fingerprint density at radius 3 is 2.17 bits per heavy atom. The molecule has 3 aromatic heterocycles. The van der Waals surface area contributed by atoms with Crippen LogP contribution in [0.2, 0.25) is 0 Å². The van der Waals surface area contributed by atoms with Crippen molar-refractivity contribution >= 4 is 5.52 Å². The second kappa shape index (κ2) is 9.11. The summed E-state index contributed by atoms with van der Waals surface area (Å²) in [7, 11) is 3.21. The Kier molecular flexibility index (Phi) is 5.84. The van der Waals surface area contributed by atoms with Gasteiger partial charge >= 0.3 is 0 Å². The number of rotatable bonds is 7. The minimum atomic E-state index is -0.325. The number of hydrogen-bond acceptors (Lipinski definition) is 7. The number of aliphatic hydroxyl groups excluding tert-OH is 1. The highest BCUT2D eigenvalue weighted by Crippen LogP contribution is 2.27. The molecule has 0 fully saturated rings. The van der Waals surface area contributed by atoms with E-state index in [0.717, 1.165) is 16.9 Å². The zero-order valence-electron chi connectivity index (χ0n) is 19.6. The van der Waals surface area contributed by atoms with Crippen molar-refractivity contribution in [3.8, 4) is 34.2 Å². The number of oxazole rings is 1. The van der Waals surface area contributed by atoms with Gasteiger partial charge in [-0.2, -0.15) is 5.10 Å². The van der Waals surface area contributed by atoms with E-state index in [0.29, 0.717) is 39.9 Å². The summed E-state index contributed by atoms with van der Waals surface area (Å²) in [6.07, 6.45) is 3.35. The quantitative estimate of drug-likeness (QED) is 0.385. The third kappa shape index (κ3) is 4.06. The normalized spacial score (nSPS) is 11.2. The topological polar surface area (TPSA) is 104 Å². The fraction of sp³-hybridized carbons (Fsp3) is 0.192. The van der Waals surface area contributed by atoms with Gasteiger partial charge in [0.15, 0.2) is 0 Å². The summed E-state index contributed by atoms with van der Waals surface area (Å²) in [6.45, 7) is 1.71. The summed E-state index contributed by atoms with van der Waals surface area (Å²) in [6, 6.07) is 14.7. The van der Waals surface area contributed by atoms with E-state index in [-0.39, 0.29) is 18.7 Å². The zero-order valence-corrected chi connectivity index (χ0v) is 19.6. The molecule has 0 spiro atoms. The van der Waals surface area contributed by atoms with Crippen molar-refractivity contribution in [3.63, 3.8) is 0 Å². The number of nitrogens with zero attached hydrogens (tertiary/aromatic N) is 4.